The van der Waals surface area contributed by atoms with E-state index in [1.165, 1.54) is 11.8 Å². The Labute approximate surface area is 162 Å². The fourth-order valence-electron chi connectivity index (χ4n) is 2.44. The lowest BCUT2D eigenvalue weighted by Gasteiger charge is -2.20. The number of carbonyl (C=O) groups is 1. The topological polar surface area (TPSA) is 51.0 Å². The van der Waals surface area contributed by atoms with Crippen LogP contribution < -0.4 is 0 Å². The van der Waals surface area contributed by atoms with Crippen molar-refractivity contribution in [1.29, 1.82) is 0 Å². The van der Waals surface area contributed by atoms with Crippen molar-refractivity contribution in [3.63, 3.8) is 0 Å². The van der Waals surface area contributed by atoms with Crippen LogP contribution in [0.2, 0.25) is 5.02 Å². The van der Waals surface area contributed by atoms with E-state index < -0.39 is 5.25 Å². The van der Waals surface area contributed by atoms with E-state index in [-0.39, 0.29) is 5.91 Å². The second kappa shape index (κ2) is 7.93. The number of likely N-dealkylation sites (N-methyl/N-ethyl adjacent to an activating group) is 1. The molecule has 0 unspecified atom stereocenters. The highest BCUT2D eigenvalue weighted by Gasteiger charge is 2.26. The summed E-state index contributed by atoms with van der Waals surface area (Å²) in [5, 5.41) is 9.14. The summed E-state index contributed by atoms with van der Waals surface area (Å²) in [6, 6.07) is 15.5. The van der Waals surface area contributed by atoms with E-state index in [0.717, 1.165) is 16.8 Å². The lowest BCUT2D eigenvalue weighted by atomic mass is 10.1. The molecule has 1 amide bonds. The number of hydrogen-bond acceptors (Lipinski definition) is 4. The van der Waals surface area contributed by atoms with Gasteiger partial charge in [-0.3, -0.25) is 9.36 Å². The zero-order valence-electron chi connectivity index (χ0n) is 14.8. The fourth-order valence-corrected chi connectivity index (χ4v) is 3.79. The van der Waals surface area contributed by atoms with Crippen LogP contribution in [0.15, 0.2) is 60.0 Å². The van der Waals surface area contributed by atoms with E-state index >= 15 is 0 Å². The SMILES string of the molecule is Cc1ccc(-n2cnnc2S[C@H](C(=O)N(C)C)c2ccccc2)cc1Cl. The largest absolute Gasteiger partial charge is 0.348 e. The van der Waals surface area contributed by atoms with Gasteiger partial charge in [-0.25, -0.2) is 0 Å². The Morgan fingerprint density at radius 2 is 1.92 bits per heavy atom. The van der Waals surface area contributed by atoms with E-state index in [9.17, 15) is 4.79 Å². The maximum absolute atomic E-state index is 12.7. The summed E-state index contributed by atoms with van der Waals surface area (Å²) in [4.78, 5) is 14.3. The van der Waals surface area contributed by atoms with Crippen molar-refractivity contribution < 1.29 is 4.79 Å². The predicted octanol–water partition coefficient (Wildman–Crippen LogP) is 4.15. The van der Waals surface area contributed by atoms with Crippen LogP contribution in [0, 0.1) is 6.92 Å². The van der Waals surface area contributed by atoms with Gasteiger partial charge in [0.15, 0.2) is 5.16 Å². The smallest absolute Gasteiger partial charge is 0.240 e. The van der Waals surface area contributed by atoms with Crippen LogP contribution in [0.3, 0.4) is 0 Å². The summed E-state index contributed by atoms with van der Waals surface area (Å²) < 4.78 is 1.84. The Morgan fingerprint density at radius 3 is 2.58 bits per heavy atom. The minimum Gasteiger partial charge on any atom is -0.348 e. The number of halogens is 1. The molecule has 3 aromatic rings. The zero-order valence-corrected chi connectivity index (χ0v) is 16.3. The molecule has 1 heterocycles. The molecule has 0 saturated heterocycles. The average molecular weight is 387 g/mol. The lowest BCUT2D eigenvalue weighted by Crippen LogP contribution is -2.26. The van der Waals surface area contributed by atoms with Crippen molar-refractivity contribution in [3.8, 4) is 5.69 Å². The minimum absolute atomic E-state index is 0.00214. The Kier molecular flexibility index (Phi) is 5.64. The van der Waals surface area contributed by atoms with Gasteiger partial charge in [0.2, 0.25) is 5.91 Å². The number of hydrogen-bond donors (Lipinski definition) is 0. The molecule has 0 spiro atoms. The number of amides is 1. The molecule has 0 fully saturated rings. The second-order valence-electron chi connectivity index (χ2n) is 6.06. The van der Waals surface area contributed by atoms with E-state index in [1.807, 2.05) is 60.0 Å². The molecule has 2 aromatic carbocycles. The van der Waals surface area contributed by atoms with Gasteiger partial charge in [-0.1, -0.05) is 59.8 Å². The zero-order chi connectivity index (χ0) is 18.7. The van der Waals surface area contributed by atoms with Crippen molar-refractivity contribution in [3.05, 3.63) is 71.0 Å². The molecule has 7 heteroatoms. The average Bonchev–Trinajstić information content (AvgIpc) is 3.10. The monoisotopic (exact) mass is 386 g/mol. The van der Waals surface area contributed by atoms with Crippen molar-refractivity contribution in [2.24, 2.45) is 0 Å². The molecule has 5 nitrogen and oxygen atoms in total. The molecule has 0 saturated carbocycles. The number of rotatable bonds is 5. The minimum atomic E-state index is -0.407. The van der Waals surface area contributed by atoms with E-state index in [1.54, 1.807) is 25.3 Å². The Morgan fingerprint density at radius 1 is 1.19 bits per heavy atom. The van der Waals surface area contributed by atoms with Gasteiger partial charge in [0.25, 0.3) is 0 Å². The maximum atomic E-state index is 12.7. The molecular formula is C19H19ClN4OS. The van der Waals surface area contributed by atoms with Crippen LogP contribution in [-0.4, -0.2) is 39.7 Å². The van der Waals surface area contributed by atoms with Gasteiger partial charge in [-0.05, 0) is 30.2 Å². The van der Waals surface area contributed by atoms with Gasteiger partial charge >= 0.3 is 0 Å². The Hall–Kier alpha value is -2.31. The highest BCUT2D eigenvalue weighted by atomic mass is 35.5. The molecule has 3 rings (SSSR count). The van der Waals surface area contributed by atoms with Crippen LogP contribution in [-0.2, 0) is 4.79 Å². The highest BCUT2D eigenvalue weighted by molar-refractivity contribution is 8.00. The standard InChI is InChI=1S/C19H19ClN4OS/c1-13-9-10-15(11-16(13)20)24-12-21-22-19(24)26-17(18(25)23(2)3)14-7-5-4-6-8-14/h4-12,17H,1-3H3/t17-/m0/s1. The van der Waals surface area contributed by atoms with Crippen molar-refractivity contribution >= 4 is 29.3 Å². The molecule has 0 N–H and O–H groups in total. The summed E-state index contributed by atoms with van der Waals surface area (Å²) in [5.74, 6) is -0.00214. The number of thioether (sulfide) groups is 1. The van der Waals surface area contributed by atoms with Gasteiger partial charge < -0.3 is 4.90 Å². The quantitative estimate of drug-likeness (QED) is 0.618. The second-order valence-corrected chi connectivity index (χ2v) is 7.54. The lowest BCUT2D eigenvalue weighted by molar-refractivity contribution is -0.128. The van der Waals surface area contributed by atoms with Gasteiger partial charge in [0, 0.05) is 19.1 Å². The van der Waals surface area contributed by atoms with Crippen LogP contribution in [0.1, 0.15) is 16.4 Å². The van der Waals surface area contributed by atoms with Crippen LogP contribution in [0.4, 0.5) is 0 Å². The van der Waals surface area contributed by atoms with Gasteiger partial charge in [0.05, 0.1) is 5.69 Å². The molecule has 0 aliphatic heterocycles. The summed E-state index contributed by atoms with van der Waals surface area (Å²) >= 11 is 7.63. The van der Waals surface area contributed by atoms with E-state index in [0.29, 0.717) is 10.2 Å². The molecule has 0 aliphatic carbocycles. The first-order chi connectivity index (χ1) is 12.5. The highest BCUT2D eigenvalue weighted by Crippen LogP contribution is 2.36. The fraction of sp³-hybridized carbons (Fsp3) is 0.211. The first-order valence-corrected chi connectivity index (χ1v) is 9.32. The third kappa shape index (κ3) is 3.92. The molecule has 0 radical (unpaired) electrons. The number of aryl methyl sites for hydroxylation is 1. The van der Waals surface area contributed by atoms with E-state index in [4.69, 9.17) is 11.6 Å². The molecule has 1 atom stereocenters. The Bertz CT molecular complexity index is 911. The van der Waals surface area contributed by atoms with E-state index in [2.05, 4.69) is 10.2 Å². The third-order valence-electron chi connectivity index (χ3n) is 3.94. The van der Waals surface area contributed by atoms with Gasteiger partial charge in [0.1, 0.15) is 11.6 Å². The van der Waals surface area contributed by atoms with Gasteiger partial charge in [-0.2, -0.15) is 0 Å². The molecule has 26 heavy (non-hydrogen) atoms. The molecular weight excluding hydrogens is 368 g/mol. The Balaban J connectivity index is 1.97. The number of aromatic nitrogens is 3. The normalized spacial score (nSPS) is 12.0. The summed E-state index contributed by atoms with van der Waals surface area (Å²) in [7, 11) is 3.51. The van der Waals surface area contributed by atoms with Gasteiger partial charge in [-0.15, -0.1) is 10.2 Å². The van der Waals surface area contributed by atoms with Crippen LogP contribution in [0.5, 0.6) is 0 Å². The molecule has 0 aliphatic rings. The van der Waals surface area contributed by atoms with Crippen LogP contribution in [0.25, 0.3) is 5.69 Å². The maximum Gasteiger partial charge on any atom is 0.240 e. The summed E-state index contributed by atoms with van der Waals surface area (Å²) in [6.07, 6.45) is 1.63. The number of benzene rings is 2. The predicted molar refractivity (Wildman–Crippen MR) is 105 cm³/mol. The first-order valence-electron chi connectivity index (χ1n) is 8.06. The molecule has 0 bridgehead atoms. The van der Waals surface area contributed by atoms with Crippen LogP contribution >= 0.6 is 23.4 Å². The number of nitrogens with zero attached hydrogens (tertiary/aromatic N) is 4. The molecule has 1 aromatic heterocycles. The summed E-state index contributed by atoms with van der Waals surface area (Å²) in [5.41, 5.74) is 2.78. The summed E-state index contributed by atoms with van der Waals surface area (Å²) in [6.45, 7) is 1.95. The van der Waals surface area contributed by atoms with Crippen molar-refractivity contribution in [2.75, 3.05) is 14.1 Å². The first kappa shape index (κ1) is 18.5. The third-order valence-corrected chi connectivity index (χ3v) is 5.55. The van der Waals surface area contributed by atoms with Crippen molar-refractivity contribution in [2.45, 2.75) is 17.3 Å². The molecule has 134 valence electrons. The van der Waals surface area contributed by atoms with Crippen molar-refractivity contribution in [1.82, 2.24) is 19.7 Å². The number of carbonyl (C=O) groups excluding carboxylic acids is 1.